The SMILES string of the molecule is N=C(N)SC1CC(=O)N(C2CCCCCC2)C1=O. The quantitative estimate of drug-likeness (QED) is 0.344. The third kappa shape index (κ3) is 2.85. The molecule has 1 saturated carbocycles. The van der Waals surface area contributed by atoms with Crippen LogP contribution in [0.1, 0.15) is 44.9 Å². The summed E-state index contributed by atoms with van der Waals surface area (Å²) in [6, 6.07) is 0.0741. The van der Waals surface area contributed by atoms with Crippen LogP contribution in [0.5, 0.6) is 0 Å². The fourth-order valence-corrected chi connectivity index (χ4v) is 3.51. The summed E-state index contributed by atoms with van der Waals surface area (Å²) in [5.74, 6) is -0.238. The minimum atomic E-state index is -0.474. The highest BCUT2D eigenvalue weighted by molar-refractivity contribution is 8.14. The molecule has 1 aliphatic carbocycles. The molecule has 3 N–H and O–H groups in total. The number of imide groups is 1. The van der Waals surface area contributed by atoms with Crippen LogP contribution in [0.4, 0.5) is 0 Å². The molecule has 6 heteroatoms. The van der Waals surface area contributed by atoms with Gasteiger partial charge in [0.25, 0.3) is 0 Å². The number of nitrogens with zero attached hydrogens (tertiary/aromatic N) is 1. The van der Waals surface area contributed by atoms with Crippen LogP contribution in [0, 0.1) is 5.41 Å². The van der Waals surface area contributed by atoms with Crippen LogP contribution in [-0.4, -0.2) is 33.2 Å². The van der Waals surface area contributed by atoms with Crippen molar-refractivity contribution >= 4 is 28.7 Å². The molecule has 2 rings (SSSR count). The van der Waals surface area contributed by atoms with Crippen molar-refractivity contribution in [3.05, 3.63) is 0 Å². The summed E-state index contributed by atoms with van der Waals surface area (Å²) in [6.07, 6.45) is 6.61. The predicted molar refractivity (Wildman–Crippen MR) is 71.3 cm³/mol. The molecule has 0 bridgehead atoms. The number of nitrogens with two attached hydrogens (primary N) is 1. The second kappa shape index (κ2) is 5.73. The predicted octanol–water partition coefficient (Wildman–Crippen LogP) is 1.46. The van der Waals surface area contributed by atoms with E-state index in [-0.39, 0.29) is 29.4 Å². The number of nitrogens with one attached hydrogen (secondary N) is 1. The van der Waals surface area contributed by atoms with Gasteiger partial charge < -0.3 is 5.73 Å². The minimum absolute atomic E-state index is 0.0741. The number of likely N-dealkylation sites (tertiary alicyclic amines) is 1. The summed E-state index contributed by atoms with van der Waals surface area (Å²) in [4.78, 5) is 25.6. The molecule has 0 aromatic heterocycles. The van der Waals surface area contributed by atoms with Gasteiger partial charge in [-0.25, -0.2) is 0 Å². The molecule has 5 nitrogen and oxygen atoms in total. The molecule has 0 aromatic carbocycles. The molecular weight excluding hydrogens is 250 g/mol. The van der Waals surface area contributed by atoms with E-state index in [0.717, 1.165) is 37.4 Å². The van der Waals surface area contributed by atoms with Gasteiger partial charge in [0.15, 0.2) is 5.17 Å². The number of thioether (sulfide) groups is 1. The lowest BCUT2D eigenvalue weighted by Gasteiger charge is -2.25. The van der Waals surface area contributed by atoms with Crippen molar-refractivity contribution in [2.75, 3.05) is 0 Å². The van der Waals surface area contributed by atoms with Crippen LogP contribution in [0.3, 0.4) is 0 Å². The number of carbonyl (C=O) groups is 2. The molecule has 2 amide bonds. The zero-order valence-corrected chi connectivity index (χ0v) is 11.2. The highest BCUT2D eigenvalue weighted by atomic mass is 32.2. The van der Waals surface area contributed by atoms with E-state index in [4.69, 9.17) is 11.1 Å². The van der Waals surface area contributed by atoms with E-state index in [1.54, 1.807) is 0 Å². The lowest BCUT2D eigenvalue weighted by molar-refractivity contribution is -0.141. The van der Waals surface area contributed by atoms with E-state index >= 15 is 0 Å². The van der Waals surface area contributed by atoms with Crippen LogP contribution in [0.2, 0.25) is 0 Å². The zero-order valence-electron chi connectivity index (χ0n) is 10.4. The number of amidine groups is 1. The van der Waals surface area contributed by atoms with Crippen LogP contribution >= 0.6 is 11.8 Å². The van der Waals surface area contributed by atoms with E-state index in [9.17, 15) is 9.59 Å². The van der Waals surface area contributed by atoms with Crippen molar-refractivity contribution in [3.63, 3.8) is 0 Å². The van der Waals surface area contributed by atoms with E-state index in [0.29, 0.717) is 0 Å². The first-order chi connectivity index (χ1) is 8.59. The maximum atomic E-state index is 12.2. The van der Waals surface area contributed by atoms with E-state index in [1.807, 2.05) is 0 Å². The normalized spacial score (nSPS) is 26.4. The van der Waals surface area contributed by atoms with Gasteiger partial charge in [-0.2, -0.15) is 0 Å². The monoisotopic (exact) mass is 269 g/mol. The molecule has 0 spiro atoms. The lowest BCUT2D eigenvalue weighted by Crippen LogP contribution is -2.40. The Morgan fingerprint density at radius 2 is 1.83 bits per heavy atom. The summed E-state index contributed by atoms with van der Waals surface area (Å²) in [7, 11) is 0. The van der Waals surface area contributed by atoms with Crippen LogP contribution in [-0.2, 0) is 9.59 Å². The molecule has 2 aliphatic rings. The van der Waals surface area contributed by atoms with Crippen molar-refractivity contribution in [2.24, 2.45) is 5.73 Å². The minimum Gasteiger partial charge on any atom is -0.379 e. The summed E-state index contributed by atoms with van der Waals surface area (Å²) in [5, 5.41) is 6.65. The fourth-order valence-electron chi connectivity index (χ4n) is 2.77. The average Bonchev–Trinajstić information content (AvgIpc) is 2.53. The smallest absolute Gasteiger partial charge is 0.243 e. The van der Waals surface area contributed by atoms with Crippen molar-refractivity contribution in [1.82, 2.24) is 4.90 Å². The molecule has 2 fully saturated rings. The summed E-state index contributed by atoms with van der Waals surface area (Å²) < 4.78 is 0. The molecule has 0 radical (unpaired) electrons. The van der Waals surface area contributed by atoms with Gasteiger partial charge in [-0.05, 0) is 12.8 Å². The van der Waals surface area contributed by atoms with E-state index in [2.05, 4.69) is 0 Å². The number of rotatable bonds is 2. The summed E-state index contributed by atoms with van der Waals surface area (Å²) >= 11 is 0.996. The number of hydrogen-bond donors (Lipinski definition) is 2. The molecule has 1 saturated heterocycles. The first kappa shape index (κ1) is 13.4. The van der Waals surface area contributed by atoms with Gasteiger partial charge in [0.2, 0.25) is 11.8 Å². The Hall–Kier alpha value is -1.04. The van der Waals surface area contributed by atoms with Crippen LogP contribution < -0.4 is 5.73 Å². The van der Waals surface area contributed by atoms with E-state index < -0.39 is 5.25 Å². The number of carbonyl (C=O) groups excluding carboxylic acids is 2. The summed E-state index contributed by atoms with van der Waals surface area (Å²) in [5.41, 5.74) is 5.29. The fraction of sp³-hybridized carbons (Fsp3) is 0.750. The molecule has 1 atom stereocenters. The first-order valence-electron chi connectivity index (χ1n) is 6.46. The maximum Gasteiger partial charge on any atom is 0.243 e. The van der Waals surface area contributed by atoms with Crippen LogP contribution in [0.25, 0.3) is 0 Å². The highest BCUT2D eigenvalue weighted by Gasteiger charge is 2.42. The van der Waals surface area contributed by atoms with Gasteiger partial charge in [-0.15, -0.1) is 0 Å². The van der Waals surface area contributed by atoms with Crippen molar-refractivity contribution in [1.29, 1.82) is 5.41 Å². The van der Waals surface area contributed by atoms with Gasteiger partial charge in [0.1, 0.15) is 5.25 Å². The Morgan fingerprint density at radius 1 is 1.22 bits per heavy atom. The van der Waals surface area contributed by atoms with Gasteiger partial charge in [-0.1, -0.05) is 37.4 Å². The Balaban J connectivity index is 2.05. The molecule has 0 aromatic rings. The third-order valence-corrected chi connectivity index (χ3v) is 4.51. The average molecular weight is 269 g/mol. The second-order valence-electron chi connectivity index (χ2n) is 4.92. The van der Waals surface area contributed by atoms with Gasteiger partial charge >= 0.3 is 0 Å². The molecule has 1 unspecified atom stereocenters. The Bertz CT molecular complexity index is 364. The topological polar surface area (TPSA) is 87.2 Å². The number of amides is 2. The van der Waals surface area contributed by atoms with Crippen molar-refractivity contribution in [3.8, 4) is 0 Å². The Kier molecular flexibility index (Phi) is 4.27. The highest BCUT2D eigenvalue weighted by Crippen LogP contribution is 2.31. The molecular formula is C12H19N3O2S. The van der Waals surface area contributed by atoms with Crippen molar-refractivity contribution < 1.29 is 9.59 Å². The standard InChI is InChI=1S/C12H19N3O2S/c13-12(14)18-9-7-10(16)15(11(9)17)8-5-3-1-2-4-6-8/h8-9H,1-7H2,(H3,13,14). The largest absolute Gasteiger partial charge is 0.379 e. The van der Waals surface area contributed by atoms with Crippen molar-refractivity contribution in [2.45, 2.75) is 56.2 Å². The Labute approximate surface area is 111 Å². The molecule has 1 aliphatic heterocycles. The zero-order chi connectivity index (χ0) is 13.1. The molecule has 1 heterocycles. The number of hydrogen-bond acceptors (Lipinski definition) is 4. The Morgan fingerprint density at radius 3 is 2.39 bits per heavy atom. The third-order valence-electron chi connectivity index (χ3n) is 3.60. The van der Waals surface area contributed by atoms with E-state index in [1.165, 1.54) is 17.7 Å². The van der Waals surface area contributed by atoms with Gasteiger partial charge in [0.05, 0.1) is 0 Å². The lowest BCUT2D eigenvalue weighted by atomic mass is 10.1. The molecule has 18 heavy (non-hydrogen) atoms. The van der Waals surface area contributed by atoms with Gasteiger partial charge in [-0.3, -0.25) is 19.9 Å². The maximum absolute atomic E-state index is 12.2. The second-order valence-corrected chi connectivity index (χ2v) is 6.17. The van der Waals surface area contributed by atoms with Crippen LogP contribution in [0.15, 0.2) is 0 Å². The molecule has 100 valence electrons. The summed E-state index contributed by atoms with van der Waals surface area (Å²) in [6.45, 7) is 0. The van der Waals surface area contributed by atoms with Gasteiger partial charge in [0, 0.05) is 12.5 Å². The first-order valence-corrected chi connectivity index (χ1v) is 7.34.